The number of rotatable bonds is 4. The fourth-order valence-corrected chi connectivity index (χ4v) is 3.16. The summed E-state index contributed by atoms with van der Waals surface area (Å²) in [6.07, 6.45) is 5.78. The first-order valence-corrected chi connectivity index (χ1v) is 8.49. The molecule has 2 aromatic heterocycles. The number of carbonyl (C=O) groups excluding carboxylic acids is 1. The maximum atomic E-state index is 12.1. The van der Waals surface area contributed by atoms with E-state index in [0.717, 1.165) is 35.0 Å². The minimum atomic E-state index is 0.0204. The number of aryl methyl sites for hydroxylation is 1. The minimum absolute atomic E-state index is 0.0204. The SMILES string of the molecule is Cc1cccc(-c2cnc3c(Cl)cn(CC(=O)NC4CC4)c3c2)c1. The van der Waals surface area contributed by atoms with Crippen molar-refractivity contribution in [1.29, 1.82) is 0 Å². The molecule has 1 aliphatic rings. The average Bonchev–Trinajstić information content (AvgIpc) is 3.32. The molecule has 1 fully saturated rings. The number of carbonyl (C=O) groups is 1. The molecule has 0 bridgehead atoms. The molecule has 0 unspecified atom stereocenters. The van der Waals surface area contributed by atoms with Crippen LogP contribution in [-0.2, 0) is 11.3 Å². The predicted molar refractivity (Wildman–Crippen MR) is 96.1 cm³/mol. The first kappa shape index (κ1) is 15.2. The Kier molecular flexibility index (Phi) is 3.77. The van der Waals surface area contributed by atoms with E-state index in [9.17, 15) is 4.79 Å². The van der Waals surface area contributed by atoms with E-state index >= 15 is 0 Å². The summed E-state index contributed by atoms with van der Waals surface area (Å²) in [5, 5.41) is 3.58. The molecule has 5 heteroatoms. The summed E-state index contributed by atoms with van der Waals surface area (Å²) in [4.78, 5) is 16.6. The van der Waals surface area contributed by atoms with Gasteiger partial charge in [-0.25, -0.2) is 0 Å². The first-order valence-electron chi connectivity index (χ1n) is 8.11. The highest BCUT2D eigenvalue weighted by Gasteiger charge is 2.23. The largest absolute Gasteiger partial charge is 0.352 e. The minimum Gasteiger partial charge on any atom is -0.352 e. The highest BCUT2D eigenvalue weighted by molar-refractivity contribution is 6.35. The molecular formula is C19H18ClN3O. The van der Waals surface area contributed by atoms with Gasteiger partial charge in [0.1, 0.15) is 12.1 Å². The molecule has 1 aliphatic carbocycles. The van der Waals surface area contributed by atoms with Gasteiger partial charge in [-0.15, -0.1) is 0 Å². The smallest absolute Gasteiger partial charge is 0.240 e. The van der Waals surface area contributed by atoms with Crippen LogP contribution in [0.25, 0.3) is 22.2 Å². The lowest BCUT2D eigenvalue weighted by Gasteiger charge is -2.08. The molecule has 0 spiro atoms. The molecule has 0 radical (unpaired) electrons. The van der Waals surface area contributed by atoms with Gasteiger partial charge in [0.05, 0.1) is 10.5 Å². The van der Waals surface area contributed by atoms with Crippen molar-refractivity contribution >= 4 is 28.5 Å². The van der Waals surface area contributed by atoms with Crippen molar-refractivity contribution in [2.45, 2.75) is 32.4 Å². The number of pyridine rings is 1. The van der Waals surface area contributed by atoms with Gasteiger partial charge in [0, 0.05) is 24.0 Å². The summed E-state index contributed by atoms with van der Waals surface area (Å²) in [7, 11) is 0. The molecule has 1 N–H and O–H groups in total. The zero-order valence-corrected chi connectivity index (χ0v) is 14.2. The number of halogens is 1. The molecule has 2 heterocycles. The second kappa shape index (κ2) is 5.95. The Bertz CT molecular complexity index is 928. The predicted octanol–water partition coefficient (Wildman–Crippen LogP) is 3.94. The Hall–Kier alpha value is -2.33. The van der Waals surface area contributed by atoms with Crippen molar-refractivity contribution in [3.05, 3.63) is 53.3 Å². The maximum absolute atomic E-state index is 12.1. The monoisotopic (exact) mass is 339 g/mol. The molecule has 0 atom stereocenters. The average molecular weight is 340 g/mol. The molecule has 122 valence electrons. The highest BCUT2D eigenvalue weighted by Crippen LogP contribution is 2.29. The first-order chi connectivity index (χ1) is 11.6. The Labute approximate surface area is 145 Å². The Morgan fingerprint density at radius 1 is 1.33 bits per heavy atom. The summed E-state index contributed by atoms with van der Waals surface area (Å²) in [6, 6.07) is 10.7. The second-order valence-corrected chi connectivity index (χ2v) is 6.82. The van der Waals surface area contributed by atoms with E-state index in [4.69, 9.17) is 11.6 Å². The molecule has 0 aliphatic heterocycles. The fourth-order valence-electron chi connectivity index (χ4n) is 2.89. The van der Waals surface area contributed by atoms with Crippen molar-refractivity contribution in [2.24, 2.45) is 0 Å². The lowest BCUT2D eigenvalue weighted by atomic mass is 10.1. The van der Waals surface area contributed by atoms with Crippen LogP contribution in [0.2, 0.25) is 5.02 Å². The van der Waals surface area contributed by atoms with E-state index in [0.29, 0.717) is 11.1 Å². The molecule has 24 heavy (non-hydrogen) atoms. The van der Waals surface area contributed by atoms with Gasteiger partial charge in [-0.3, -0.25) is 9.78 Å². The third-order valence-corrected chi connectivity index (χ3v) is 4.56. The van der Waals surface area contributed by atoms with Crippen molar-refractivity contribution < 1.29 is 4.79 Å². The van der Waals surface area contributed by atoms with Crippen LogP contribution < -0.4 is 5.32 Å². The number of fused-ring (bicyclic) bond motifs is 1. The van der Waals surface area contributed by atoms with Gasteiger partial charge in [0.25, 0.3) is 0 Å². The molecule has 0 saturated heterocycles. The van der Waals surface area contributed by atoms with E-state index in [1.54, 1.807) is 6.20 Å². The van der Waals surface area contributed by atoms with Crippen molar-refractivity contribution in [1.82, 2.24) is 14.9 Å². The Balaban J connectivity index is 1.71. The van der Waals surface area contributed by atoms with E-state index in [-0.39, 0.29) is 12.5 Å². The van der Waals surface area contributed by atoms with Gasteiger partial charge >= 0.3 is 0 Å². The summed E-state index contributed by atoms with van der Waals surface area (Å²) < 4.78 is 1.88. The van der Waals surface area contributed by atoms with Crippen LogP contribution in [-0.4, -0.2) is 21.5 Å². The quantitative estimate of drug-likeness (QED) is 0.782. The zero-order valence-electron chi connectivity index (χ0n) is 13.4. The second-order valence-electron chi connectivity index (χ2n) is 6.41. The van der Waals surface area contributed by atoms with E-state index in [1.807, 2.05) is 22.9 Å². The van der Waals surface area contributed by atoms with Gasteiger partial charge in [-0.1, -0.05) is 41.4 Å². The zero-order chi connectivity index (χ0) is 16.7. The van der Waals surface area contributed by atoms with Gasteiger partial charge in [-0.2, -0.15) is 0 Å². The number of hydrogen-bond donors (Lipinski definition) is 1. The summed E-state index contributed by atoms with van der Waals surface area (Å²) in [5.74, 6) is 0.0204. The number of benzene rings is 1. The van der Waals surface area contributed by atoms with Crippen LogP contribution in [0.1, 0.15) is 18.4 Å². The number of hydrogen-bond acceptors (Lipinski definition) is 2. The van der Waals surface area contributed by atoms with E-state index < -0.39 is 0 Å². The molecular weight excluding hydrogens is 322 g/mol. The number of aromatic nitrogens is 2. The van der Waals surface area contributed by atoms with Gasteiger partial charge in [0.2, 0.25) is 5.91 Å². The lowest BCUT2D eigenvalue weighted by molar-refractivity contribution is -0.121. The van der Waals surface area contributed by atoms with E-state index in [1.165, 1.54) is 5.56 Å². The molecule has 4 nitrogen and oxygen atoms in total. The van der Waals surface area contributed by atoms with Gasteiger partial charge < -0.3 is 9.88 Å². The summed E-state index contributed by atoms with van der Waals surface area (Å²) >= 11 is 6.29. The topological polar surface area (TPSA) is 46.9 Å². The van der Waals surface area contributed by atoms with Crippen LogP contribution in [0.5, 0.6) is 0 Å². The Morgan fingerprint density at radius 3 is 2.92 bits per heavy atom. The third kappa shape index (κ3) is 3.02. The molecule has 1 amide bonds. The molecule has 1 saturated carbocycles. The fraction of sp³-hybridized carbons (Fsp3) is 0.263. The van der Waals surface area contributed by atoms with Crippen LogP contribution in [0.4, 0.5) is 0 Å². The maximum Gasteiger partial charge on any atom is 0.240 e. The van der Waals surface area contributed by atoms with Crippen LogP contribution in [0.15, 0.2) is 42.7 Å². The molecule has 3 aromatic rings. The molecule has 1 aromatic carbocycles. The third-order valence-electron chi connectivity index (χ3n) is 4.28. The standard InChI is InChI=1S/C19H18ClN3O/c1-12-3-2-4-13(7-12)14-8-17-19(21-9-14)16(20)10-23(17)11-18(24)22-15-5-6-15/h2-4,7-10,15H,5-6,11H2,1H3,(H,22,24). The van der Waals surface area contributed by atoms with Gasteiger partial charge in [-0.05, 0) is 31.4 Å². The van der Waals surface area contributed by atoms with Crippen molar-refractivity contribution in [3.63, 3.8) is 0 Å². The lowest BCUT2D eigenvalue weighted by Crippen LogP contribution is -2.29. The van der Waals surface area contributed by atoms with Gasteiger partial charge in [0.15, 0.2) is 0 Å². The van der Waals surface area contributed by atoms with Crippen LogP contribution in [0, 0.1) is 6.92 Å². The summed E-state index contributed by atoms with van der Waals surface area (Å²) in [6.45, 7) is 2.33. The van der Waals surface area contributed by atoms with Crippen molar-refractivity contribution in [3.8, 4) is 11.1 Å². The Morgan fingerprint density at radius 2 is 2.17 bits per heavy atom. The van der Waals surface area contributed by atoms with Crippen molar-refractivity contribution in [2.75, 3.05) is 0 Å². The number of nitrogens with one attached hydrogen (secondary N) is 1. The number of amides is 1. The van der Waals surface area contributed by atoms with Crippen LogP contribution >= 0.6 is 11.6 Å². The normalized spacial score (nSPS) is 14.1. The molecule has 4 rings (SSSR count). The van der Waals surface area contributed by atoms with E-state index in [2.05, 4.69) is 35.4 Å². The summed E-state index contributed by atoms with van der Waals surface area (Å²) in [5.41, 5.74) is 4.93. The number of nitrogens with zero attached hydrogens (tertiary/aromatic N) is 2. The highest BCUT2D eigenvalue weighted by atomic mass is 35.5. The van der Waals surface area contributed by atoms with Crippen LogP contribution in [0.3, 0.4) is 0 Å².